The van der Waals surface area contributed by atoms with Crippen molar-refractivity contribution in [1.29, 1.82) is 0 Å². The summed E-state index contributed by atoms with van der Waals surface area (Å²) in [6.07, 6.45) is 0. The minimum absolute atomic E-state index is 0.199. The number of imidazole rings is 1. The molecule has 0 radical (unpaired) electrons. The Morgan fingerprint density at radius 1 is 0.692 bits per heavy atom. The number of fused-ring (bicyclic) bond motifs is 2. The van der Waals surface area contributed by atoms with Crippen LogP contribution in [0.15, 0.2) is 84.9 Å². The first-order chi connectivity index (χ1) is 12.8. The molecule has 4 heteroatoms. The molecule has 2 aromatic heterocycles. The van der Waals surface area contributed by atoms with Crippen LogP contribution in [0.5, 0.6) is 5.75 Å². The molecule has 0 spiro atoms. The maximum Gasteiger partial charge on any atom is 0.165 e. The topological polar surface area (TPSA) is 50.9 Å². The average molecular weight is 337 g/mol. The van der Waals surface area contributed by atoms with Crippen LogP contribution in [0.4, 0.5) is 0 Å². The molecule has 5 rings (SSSR count). The highest BCUT2D eigenvalue weighted by molar-refractivity contribution is 5.92. The number of benzene rings is 3. The number of pyridine rings is 1. The third-order valence-electron chi connectivity index (χ3n) is 4.49. The van der Waals surface area contributed by atoms with Gasteiger partial charge < -0.3 is 5.11 Å². The Balaban J connectivity index is 1.92. The van der Waals surface area contributed by atoms with E-state index in [2.05, 4.69) is 0 Å². The number of phenolic OH excluding ortho intramolecular Hbond substituents is 1. The van der Waals surface area contributed by atoms with Crippen LogP contribution in [0.3, 0.4) is 0 Å². The SMILES string of the molecule is Oc1ccccc1-c1nc2cc3ccccc3nc2n1-c1ccccc1. The smallest absolute Gasteiger partial charge is 0.165 e. The Labute approximate surface area is 150 Å². The van der Waals surface area contributed by atoms with Crippen molar-refractivity contribution in [2.24, 2.45) is 0 Å². The zero-order valence-electron chi connectivity index (χ0n) is 13.9. The molecule has 0 aliphatic rings. The fourth-order valence-electron chi connectivity index (χ4n) is 3.27. The van der Waals surface area contributed by atoms with Crippen LogP contribution in [-0.2, 0) is 0 Å². The zero-order valence-corrected chi connectivity index (χ0v) is 13.9. The lowest BCUT2D eigenvalue weighted by atomic mass is 10.2. The Bertz CT molecular complexity index is 1240. The van der Waals surface area contributed by atoms with E-state index in [0.29, 0.717) is 11.4 Å². The number of rotatable bonds is 2. The molecule has 0 fully saturated rings. The molecular formula is C22H15N3O. The molecule has 0 saturated heterocycles. The summed E-state index contributed by atoms with van der Waals surface area (Å²) < 4.78 is 2.00. The quantitative estimate of drug-likeness (QED) is 0.496. The fourth-order valence-corrected chi connectivity index (χ4v) is 3.27. The van der Waals surface area contributed by atoms with Gasteiger partial charge in [-0.2, -0.15) is 0 Å². The number of aromatic nitrogens is 3. The lowest BCUT2D eigenvalue weighted by Crippen LogP contribution is -1.98. The molecule has 0 amide bonds. The van der Waals surface area contributed by atoms with Crippen molar-refractivity contribution in [3.63, 3.8) is 0 Å². The molecule has 3 aromatic carbocycles. The van der Waals surface area contributed by atoms with Gasteiger partial charge in [-0.3, -0.25) is 4.57 Å². The predicted molar refractivity (Wildman–Crippen MR) is 103 cm³/mol. The van der Waals surface area contributed by atoms with Gasteiger partial charge in [0.15, 0.2) is 11.5 Å². The number of nitrogens with zero attached hydrogens (tertiary/aromatic N) is 3. The molecule has 0 aliphatic heterocycles. The molecule has 0 unspecified atom stereocenters. The van der Waals surface area contributed by atoms with Gasteiger partial charge in [0.2, 0.25) is 0 Å². The summed E-state index contributed by atoms with van der Waals surface area (Å²) >= 11 is 0. The van der Waals surface area contributed by atoms with Crippen molar-refractivity contribution >= 4 is 22.1 Å². The van der Waals surface area contributed by atoms with Crippen LogP contribution >= 0.6 is 0 Å². The number of para-hydroxylation sites is 3. The van der Waals surface area contributed by atoms with E-state index < -0.39 is 0 Å². The van der Waals surface area contributed by atoms with Crippen molar-refractivity contribution in [2.45, 2.75) is 0 Å². The fraction of sp³-hybridized carbons (Fsp3) is 0. The van der Waals surface area contributed by atoms with Gasteiger partial charge in [0.1, 0.15) is 11.3 Å². The van der Waals surface area contributed by atoms with Gasteiger partial charge in [0.25, 0.3) is 0 Å². The molecule has 0 aliphatic carbocycles. The minimum Gasteiger partial charge on any atom is -0.507 e. The molecule has 4 nitrogen and oxygen atoms in total. The zero-order chi connectivity index (χ0) is 17.5. The van der Waals surface area contributed by atoms with Crippen molar-refractivity contribution in [3.8, 4) is 22.8 Å². The van der Waals surface area contributed by atoms with E-state index in [1.807, 2.05) is 77.4 Å². The van der Waals surface area contributed by atoms with Crippen molar-refractivity contribution in [1.82, 2.24) is 14.5 Å². The second-order valence-electron chi connectivity index (χ2n) is 6.15. The third-order valence-corrected chi connectivity index (χ3v) is 4.49. The van der Waals surface area contributed by atoms with Gasteiger partial charge in [-0.15, -0.1) is 0 Å². The van der Waals surface area contributed by atoms with E-state index >= 15 is 0 Å². The molecule has 0 atom stereocenters. The van der Waals surface area contributed by atoms with E-state index in [4.69, 9.17) is 9.97 Å². The Hall–Kier alpha value is -3.66. The van der Waals surface area contributed by atoms with Crippen molar-refractivity contribution < 1.29 is 5.11 Å². The highest BCUT2D eigenvalue weighted by atomic mass is 16.3. The molecule has 5 aromatic rings. The lowest BCUT2D eigenvalue weighted by Gasteiger charge is -2.10. The van der Waals surface area contributed by atoms with Gasteiger partial charge in [-0.1, -0.05) is 48.5 Å². The number of hydrogen-bond acceptors (Lipinski definition) is 3. The summed E-state index contributed by atoms with van der Waals surface area (Å²) in [6.45, 7) is 0. The number of aromatic hydroxyl groups is 1. The Morgan fingerprint density at radius 2 is 1.42 bits per heavy atom. The average Bonchev–Trinajstić information content (AvgIpc) is 3.05. The van der Waals surface area contributed by atoms with Gasteiger partial charge in [-0.25, -0.2) is 9.97 Å². The highest BCUT2D eigenvalue weighted by Crippen LogP contribution is 2.33. The standard InChI is InChI=1S/C22H15N3O/c26-20-13-7-5-11-17(20)21-24-19-14-15-8-4-6-12-18(15)23-22(19)25(21)16-9-2-1-3-10-16/h1-14,26H. The molecule has 1 N–H and O–H groups in total. The third kappa shape index (κ3) is 2.24. The molecule has 124 valence electrons. The van der Waals surface area contributed by atoms with Crippen LogP contribution in [0.25, 0.3) is 39.1 Å². The van der Waals surface area contributed by atoms with Gasteiger partial charge in [-0.05, 0) is 36.4 Å². The second-order valence-corrected chi connectivity index (χ2v) is 6.15. The van der Waals surface area contributed by atoms with E-state index in [1.54, 1.807) is 12.1 Å². The van der Waals surface area contributed by atoms with Crippen molar-refractivity contribution in [3.05, 3.63) is 84.9 Å². The highest BCUT2D eigenvalue weighted by Gasteiger charge is 2.18. The number of phenols is 1. The molecule has 2 heterocycles. The largest absolute Gasteiger partial charge is 0.507 e. The summed E-state index contributed by atoms with van der Waals surface area (Å²) in [5.41, 5.74) is 4.12. The Morgan fingerprint density at radius 3 is 2.27 bits per heavy atom. The van der Waals surface area contributed by atoms with Gasteiger partial charge >= 0.3 is 0 Å². The summed E-state index contributed by atoms with van der Waals surface area (Å²) in [6, 6.07) is 27.3. The first-order valence-corrected chi connectivity index (χ1v) is 8.43. The second kappa shape index (κ2) is 5.70. The first kappa shape index (κ1) is 14.7. The predicted octanol–water partition coefficient (Wildman–Crippen LogP) is 4.95. The van der Waals surface area contributed by atoms with E-state index in [0.717, 1.165) is 27.8 Å². The van der Waals surface area contributed by atoms with E-state index in [-0.39, 0.29) is 5.75 Å². The van der Waals surface area contributed by atoms with Crippen LogP contribution in [0.1, 0.15) is 0 Å². The summed E-state index contributed by atoms with van der Waals surface area (Å²) in [5, 5.41) is 11.4. The van der Waals surface area contributed by atoms with Crippen LogP contribution in [0.2, 0.25) is 0 Å². The van der Waals surface area contributed by atoms with E-state index in [1.165, 1.54) is 0 Å². The lowest BCUT2D eigenvalue weighted by molar-refractivity contribution is 0.477. The maximum absolute atomic E-state index is 10.4. The minimum atomic E-state index is 0.199. The molecular weight excluding hydrogens is 322 g/mol. The van der Waals surface area contributed by atoms with Gasteiger partial charge in [0, 0.05) is 11.1 Å². The van der Waals surface area contributed by atoms with Crippen LogP contribution < -0.4 is 0 Å². The Kier molecular flexibility index (Phi) is 3.22. The molecule has 26 heavy (non-hydrogen) atoms. The summed E-state index contributed by atoms with van der Waals surface area (Å²) in [5.74, 6) is 0.872. The molecule has 0 bridgehead atoms. The van der Waals surface area contributed by atoms with Gasteiger partial charge in [0.05, 0.1) is 11.1 Å². The summed E-state index contributed by atoms with van der Waals surface area (Å²) in [4.78, 5) is 9.66. The molecule has 0 saturated carbocycles. The first-order valence-electron chi connectivity index (χ1n) is 8.43. The van der Waals surface area contributed by atoms with Crippen molar-refractivity contribution in [2.75, 3.05) is 0 Å². The van der Waals surface area contributed by atoms with E-state index in [9.17, 15) is 5.11 Å². The maximum atomic E-state index is 10.4. The van der Waals surface area contributed by atoms with Crippen LogP contribution in [-0.4, -0.2) is 19.6 Å². The van der Waals surface area contributed by atoms with Crippen LogP contribution in [0, 0.1) is 0 Å². The monoisotopic (exact) mass is 337 g/mol. The number of hydrogen-bond donors (Lipinski definition) is 1. The normalized spacial score (nSPS) is 11.2. The summed E-state index contributed by atoms with van der Waals surface area (Å²) in [7, 11) is 0.